The van der Waals surface area contributed by atoms with Crippen LogP contribution >= 0.6 is 0 Å². The van der Waals surface area contributed by atoms with E-state index in [1.807, 2.05) is 4.72 Å². The van der Waals surface area contributed by atoms with Gasteiger partial charge in [-0.25, -0.2) is 9.52 Å². The monoisotopic (exact) mass is 299 g/mol. The molecule has 8 heteroatoms. The van der Waals surface area contributed by atoms with Crippen LogP contribution in [0.15, 0.2) is 24.3 Å². The summed E-state index contributed by atoms with van der Waals surface area (Å²) in [6.07, 6.45) is -0.499. The molecule has 0 radical (unpaired) electrons. The van der Waals surface area contributed by atoms with Gasteiger partial charge >= 0.3 is 16.3 Å². The van der Waals surface area contributed by atoms with Crippen LogP contribution in [0.3, 0.4) is 0 Å². The lowest BCUT2D eigenvalue weighted by Gasteiger charge is -2.32. The van der Waals surface area contributed by atoms with Gasteiger partial charge in [-0.05, 0) is 25.0 Å². The fourth-order valence-corrected chi connectivity index (χ4v) is 3.28. The summed E-state index contributed by atoms with van der Waals surface area (Å²) in [5.74, 6) is 0. The Labute approximate surface area is 117 Å². The number of ether oxygens (including phenoxy) is 1. The molecule has 3 N–H and O–H groups in total. The van der Waals surface area contributed by atoms with E-state index >= 15 is 0 Å². The molecule has 0 saturated carbocycles. The second-order valence-corrected chi connectivity index (χ2v) is 5.95. The molecule has 2 rings (SSSR count). The number of fused-ring (bicyclic) bond motifs is 1. The number of anilines is 1. The van der Waals surface area contributed by atoms with Crippen LogP contribution in [-0.4, -0.2) is 27.7 Å². The highest BCUT2D eigenvalue weighted by Gasteiger charge is 2.31. The van der Waals surface area contributed by atoms with Crippen molar-refractivity contribution in [1.82, 2.24) is 4.72 Å². The summed E-state index contributed by atoms with van der Waals surface area (Å²) in [7, 11) is -3.99. The molecule has 7 nitrogen and oxygen atoms in total. The molecule has 1 atom stereocenters. The Balaban J connectivity index is 2.30. The Bertz CT molecular complexity index is 602. The van der Waals surface area contributed by atoms with Crippen molar-refractivity contribution in [3.8, 4) is 0 Å². The van der Waals surface area contributed by atoms with Crippen molar-refractivity contribution >= 4 is 22.0 Å². The van der Waals surface area contributed by atoms with Crippen LogP contribution in [0.1, 0.15) is 24.9 Å². The number of rotatable bonds is 3. The van der Waals surface area contributed by atoms with Crippen molar-refractivity contribution in [2.24, 2.45) is 5.73 Å². The lowest BCUT2D eigenvalue weighted by Crippen LogP contribution is -2.47. The van der Waals surface area contributed by atoms with Gasteiger partial charge in [-0.15, -0.1) is 0 Å². The van der Waals surface area contributed by atoms with E-state index in [0.29, 0.717) is 12.1 Å². The molecule has 0 aliphatic carbocycles. The molecular formula is C12H17N3O4S. The third-order valence-corrected chi connectivity index (χ3v) is 4.41. The highest BCUT2D eigenvalue weighted by molar-refractivity contribution is 7.91. The highest BCUT2D eigenvalue weighted by Crippen LogP contribution is 2.33. The summed E-state index contributed by atoms with van der Waals surface area (Å²) in [6.45, 7) is 1.91. The first-order chi connectivity index (χ1) is 9.45. The Morgan fingerprint density at radius 3 is 2.90 bits per heavy atom. The van der Waals surface area contributed by atoms with Crippen molar-refractivity contribution in [2.45, 2.75) is 19.4 Å². The molecule has 110 valence electrons. The van der Waals surface area contributed by atoms with Crippen molar-refractivity contribution in [3.63, 3.8) is 0 Å². The first-order valence-electron chi connectivity index (χ1n) is 6.27. The Morgan fingerprint density at radius 2 is 2.20 bits per heavy atom. The zero-order valence-corrected chi connectivity index (χ0v) is 11.9. The average molecular weight is 299 g/mol. The second-order valence-electron chi connectivity index (χ2n) is 4.35. The van der Waals surface area contributed by atoms with E-state index in [4.69, 9.17) is 5.73 Å². The van der Waals surface area contributed by atoms with E-state index in [1.165, 1.54) is 0 Å². The molecule has 0 fully saturated rings. The summed E-state index contributed by atoms with van der Waals surface area (Å²) < 4.78 is 32.0. The molecule has 1 aromatic rings. The molecular weight excluding hydrogens is 282 g/mol. The molecule has 20 heavy (non-hydrogen) atoms. The van der Waals surface area contributed by atoms with Gasteiger partial charge in [0.2, 0.25) is 0 Å². The number of nitrogens with one attached hydrogen (secondary N) is 1. The fraction of sp³-hybridized carbons (Fsp3) is 0.417. The topological polar surface area (TPSA) is 102 Å². The maximum absolute atomic E-state index is 12.2. The molecule has 1 heterocycles. The molecule has 0 spiro atoms. The number of para-hydroxylation sites is 1. The Hall–Kier alpha value is -1.80. The maximum atomic E-state index is 12.2. The van der Waals surface area contributed by atoms with E-state index in [2.05, 4.69) is 4.74 Å². The van der Waals surface area contributed by atoms with Gasteiger partial charge in [-0.1, -0.05) is 18.2 Å². The van der Waals surface area contributed by atoms with Gasteiger partial charge in [0.15, 0.2) is 0 Å². The first kappa shape index (κ1) is 14.6. The van der Waals surface area contributed by atoms with Gasteiger partial charge in [-0.3, -0.25) is 4.31 Å². The molecule has 1 amide bonds. The van der Waals surface area contributed by atoms with E-state index in [-0.39, 0.29) is 19.2 Å². The molecule has 0 bridgehead atoms. The van der Waals surface area contributed by atoms with E-state index in [1.54, 1.807) is 31.2 Å². The minimum atomic E-state index is -3.99. The molecule has 0 saturated heterocycles. The van der Waals surface area contributed by atoms with Crippen molar-refractivity contribution < 1.29 is 17.9 Å². The smallest absolute Gasteiger partial charge is 0.422 e. The van der Waals surface area contributed by atoms with Crippen LogP contribution in [0, 0.1) is 0 Å². The number of hydrogen-bond acceptors (Lipinski definition) is 5. The van der Waals surface area contributed by atoms with Gasteiger partial charge in [0, 0.05) is 12.6 Å². The van der Waals surface area contributed by atoms with E-state index < -0.39 is 16.3 Å². The zero-order valence-electron chi connectivity index (χ0n) is 11.1. The number of carbonyl (C=O) groups excluding carboxylic acids is 1. The highest BCUT2D eigenvalue weighted by atomic mass is 32.2. The summed E-state index contributed by atoms with van der Waals surface area (Å²) in [6, 6.07) is 6.77. The maximum Gasteiger partial charge on any atom is 0.422 e. The molecule has 1 aliphatic rings. The molecule has 1 unspecified atom stereocenters. The third-order valence-electron chi connectivity index (χ3n) is 3.03. The van der Waals surface area contributed by atoms with Crippen LogP contribution in [0.25, 0.3) is 0 Å². The summed E-state index contributed by atoms with van der Waals surface area (Å²) in [5, 5.41) is 0. The molecule has 1 aromatic carbocycles. The number of amides is 1. The van der Waals surface area contributed by atoms with Crippen LogP contribution in [0.2, 0.25) is 0 Å². The van der Waals surface area contributed by atoms with Crippen molar-refractivity contribution in [2.75, 3.05) is 17.5 Å². The van der Waals surface area contributed by atoms with E-state index in [9.17, 15) is 13.2 Å². The standard InChI is InChI=1S/C12H17N3O4S/c1-2-19-12(16)14-20(17,18)15-8-7-10(13)9-5-3-4-6-11(9)15/h3-6,10H,2,7-8,13H2,1H3,(H,14,16). The molecule has 0 aromatic heterocycles. The third kappa shape index (κ3) is 2.86. The van der Waals surface area contributed by atoms with Crippen LogP contribution in [-0.2, 0) is 14.9 Å². The number of hydrogen-bond donors (Lipinski definition) is 2. The van der Waals surface area contributed by atoms with Crippen molar-refractivity contribution in [3.05, 3.63) is 29.8 Å². The fourth-order valence-electron chi connectivity index (χ4n) is 2.13. The number of benzene rings is 1. The average Bonchev–Trinajstić information content (AvgIpc) is 2.38. The minimum Gasteiger partial charge on any atom is -0.449 e. The van der Waals surface area contributed by atoms with Gasteiger partial charge in [0.1, 0.15) is 0 Å². The van der Waals surface area contributed by atoms with Crippen LogP contribution in [0.4, 0.5) is 10.5 Å². The Kier molecular flexibility index (Phi) is 4.15. The van der Waals surface area contributed by atoms with Crippen LogP contribution < -0.4 is 14.8 Å². The molecule has 1 aliphatic heterocycles. The van der Waals surface area contributed by atoms with Crippen molar-refractivity contribution in [1.29, 1.82) is 0 Å². The van der Waals surface area contributed by atoms with Gasteiger partial charge in [-0.2, -0.15) is 8.42 Å². The Morgan fingerprint density at radius 1 is 1.50 bits per heavy atom. The number of nitrogens with zero attached hydrogens (tertiary/aromatic N) is 1. The van der Waals surface area contributed by atoms with Crippen LogP contribution in [0.5, 0.6) is 0 Å². The second kappa shape index (κ2) is 5.68. The van der Waals surface area contributed by atoms with Gasteiger partial charge in [0.25, 0.3) is 0 Å². The minimum absolute atomic E-state index is 0.100. The lowest BCUT2D eigenvalue weighted by molar-refractivity contribution is 0.158. The predicted molar refractivity (Wildman–Crippen MR) is 74.4 cm³/mol. The van der Waals surface area contributed by atoms with E-state index in [0.717, 1.165) is 9.87 Å². The quantitative estimate of drug-likeness (QED) is 0.863. The predicted octanol–water partition coefficient (Wildman–Crippen LogP) is 0.887. The van der Waals surface area contributed by atoms with Gasteiger partial charge < -0.3 is 10.5 Å². The lowest BCUT2D eigenvalue weighted by atomic mass is 9.99. The zero-order chi connectivity index (χ0) is 14.8. The number of nitrogens with two attached hydrogens (primary N) is 1. The summed E-state index contributed by atoms with van der Waals surface area (Å²) in [5.41, 5.74) is 7.20. The first-order valence-corrected chi connectivity index (χ1v) is 7.71. The normalized spacial score (nSPS) is 18.3. The SMILES string of the molecule is CCOC(=O)NS(=O)(=O)N1CCC(N)c2ccccc21. The summed E-state index contributed by atoms with van der Waals surface area (Å²) in [4.78, 5) is 11.3. The van der Waals surface area contributed by atoms with Gasteiger partial charge in [0.05, 0.1) is 12.3 Å². The summed E-state index contributed by atoms with van der Waals surface area (Å²) >= 11 is 0. The largest absolute Gasteiger partial charge is 0.449 e. The number of carbonyl (C=O) groups is 1.